The fraction of sp³-hybridized carbons (Fsp3) is 0.750. The molecule has 2 heteroatoms. The maximum atomic E-state index is 3.64. The summed E-state index contributed by atoms with van der Waals surface area (Å²) in [6.45, 7) is 15.5. The van der Waals surface area contributed by atoms with Gasteiger partial charge in [-0.05, 0) is 0 Å². The average Bonchev–Trinajstić information content (AvgIpc) is 1.25. The third kappa shape index (κ3) is 786. The summed E-state index contributed by atoms with van der Waals surface area (Å²) in [4.78, 5) is 0. The molecule has 0 heterocycles. The van der Waals surface area contributed by atoms with Crippen molar-refractivity contribution >= 4 is 0 Å². The minimum Gasteiger partial charge on any atom is -0.412 e. The molecule has 0 atom stereocenters. The van der Waals surface area contributed by atoms with Crippen molar-refractivity contribution in [3.8, 4) is 0 Å². The van der Waals surface area contributed by atoms with Gasteiger partial charge < -0.3 is 19.3 Å². The average molecular weight is 311 g/mol. The van der Waals surface area contributed by atoms with E-state index in [1.54, 1.807) is 0 Å². The molecule has 1 nitrogen and oxygen atoms in total. The molecular weight excluding hydrogens is 291 g/mol. The monoisotopic (exact) mass is 312 g/mol. The van der Waals surface area contributed by atoms with Crippen molar-refractivity contribution in [1.82, 2.24) is 0 Å². The molecule has 0 bridgehead atoms. The van der Waals surface area contributed by atoms with E-state index in [0.717, 1.165) is 0 Å². The molecule has 0 rings (SSSR count). The molecule has 0 fully saturated rings. The van der Waals surface area contributed by atoms with Crippen molar-refractivity contribution in [3.05, 3.63) is 13.8 Å². The summed E-state index contributed by atoms with van der Waals surface area (Å²) < 4.78 is 0. The zero-order valence-electron chi connectivity index (χ0n) is 7.57. The van der Waals surface area contributed by atoms with Gasteiger partial charge in [0.2, 0.25) is 0 Å². The van der Waals surface area contributed by atoms with Gasteiger partial charge in [-0.25, -0.2) is 0 Å². The van der Waals surface area contributed by atoms with E-state index in [2.05, 4.69) is 41.5 Å². The summed E-state index contributed by atoms with van der Waals surface area (Å²) in [5.41, 5.74) is 0. The fourth-order valence-corrected chi connectivity index (χ4v) is 0. The Morgan fingerprint density at radius 2 is 0.800 bits per heavy atom. The first-order chi connectivity index (χ1) is 3.46. The number of hydrogen-bond donors (Lipinski definition) is 0. The maximum Gasteiger partial charge on any atom is 0 e. The number of hydrogen-bond acceptors (Lipinski definition) is 0. The van der Waals surface area contributed by atoms with Crippen LogP contribution in [0, 0.1) is 25.7 Å². The molecule has 0 aromatic carbocycles. The van der Waals surface area contributed by atoms with Gasteiger partial charge in [0.05, 0.1) is 0 Å². The van der Waals surface area contributed by atoms with Crippen molar-refractivity contribution in [2.75, 3.05) is 0 Å². The van der Waals surface area contributed by atoms with E-state index in [-0.39, 0.29) is 31.3 Å². The van der Waals surface area contributed by atoms with E-state index in [0.29, 0.717) is 11.8 Å². The second-order valence-electron chi connectivity index (χ2n) is 2.79. The fourth-order valence-electron chi connectivity index (χ4n) is 0. The Bertz CT molecular complexity index is 24.7. The van der Waals surface area contributed by atoms with Gasteiger partial charge in [0.1, 0.15) is 0 Å². The quantitative estimate of drug-likeness (QED) is 0.485. The van der Waals surface area contributed by atoms with Gasteiger partial charge in [-0.2, -0.15) is 11.8 Å². The Morgan fingerprint density at radius 1 is 0.800 bits per heavy atom. The largest absolute Gasteiger partial charge is 0.412 e. The normalized spacial score (nSPS) is 7.20. The van der Waals surface area contributed by atoms with Gasteiger partial charge in [-0.3, -0.25) is 0 Å². The first-order valence-electron chi connectivity index (χ1n) is 3.13. The summed E-state index contributed by atoms with van der Waals surface area (Å²) in [5.74, 6) is 1.17. The van der Waals surface area contributed by atoms with Crippen molar-refractivity contribution < 1.29 is 31.3 Å². The molecular formula is C8H20HfO-2. The van der Waals surface area contributed by atoms with E-state index < -0.39 is 0 Å². The van der Waals surface area contributed by atoms with Crippen LogP contribution in [0.25, 0.3) is 0 Å². The minimum atomic E-state index is 0. The van der Waals surface area contributed by atoms with Gasteiger partial charge in [0.15, 0.2) is 0 Å². The number of rotatable bonds is 0. The molecule has 2 N–H and O–H groups in total. The molecule has 0 aromatic heterocycles. The Kier molecular flexibility index (Phi) is 36.9. The maximum absolute atomic E-state index is 3.64. The standard InChI is InChI=1S/2C4H9.Hf.H2O/c2*1-4(2)3;;/h2*4H,1H2,2-3H3;;1H2/q2*-1;;. The zero-order valence-corrected chi connectivity index (χ0v) is 11.2. The Labute approximate surface area is 84.7 Å². The Balaban J connectivity index is -0.0000000300. The Hall–Kier alpha value is 0.830. The summed E-state index contributed by atoms with van der Waals surface area (Å²) >= 11 is 0. The SMILES string of the molecule is O.[CH2-]C(C)C.[CH2-]C(C)C.[Hf]. The van der Waals surface area contributed by atoms with Gasteiger partial charge in [0.25, 0.3) is 0 Å². The molecule has 64 valence electrons. The second-order valence-corrected chi connectivity index (χ2v) is 2.79. The van der Waals surface area contributed by atoms with Gasteiger partial charge in [0, 0.05) is 25.8 Å². The first kappa shape index (κ1) is 22.4. The van der Waals surface area contributed by atoms with Crippen molar-refractivity contribution in [2.45, 2.75) is 27.7 Å². The second kappa shape index (κ2) is 16.4. The predicted octanol–water partition coefficient (Wildman–Crippen LogP) is 2.13. The van der Waals surface area contributed by atoms with Crippen LogP contribution in [0.15, 0.2) is 0 Å². The molecule has 0 saturated heterocycles. The van der Waals surface area contributed by atoms with Crippen molar-refractivity contribution in [1.29, 1.82) is 0 Å². The van der Waals surface area contributed by atoms with Crippen LogP contribution < -0.4 is 0 Å². The van der Waals surface area contributed by atoms with Crippen LogP contribution >= 0.6 is 0 Å². The van der Waals surface area contributed by atoms with E-state index >= 15 is 0 Å². The van der Waals surface area contributed by atoms with E-state index in [1.165, 1.54) is 0 Å². The van der Waals surface area contributed by atoms with Gasteiger partial charge in [-0.15, -0.1) is 0 Å². The molecule has 0 spiro atoms. The predicted molar refractivity (Wildman–Crippen MR) is 44.0 cm³/mol. The van der Waals surface area contributed by atoms with Gasteiger partial charge in [-0.1, -0.05) is 27.7 Å². The molecule has 0 aliphatic rings. The van der Waals surface area contributed by atoms with Crippen LogP contribution in [0.5, 0.6) is 0 Å². The van der Waals surface area contributed by atoms with E-state index in [4.69, 9.17) is 0 Å². The summed E-state index contributed by atoms with van der Waals surface area (Å²) in [6.07, 6.45) is 0. The molecule has 0 amide bonds. The van der Waals surface area contributed by atoms with Crippen LogP contribution in [-0.4, -0.2) is 5.48 Å². The Morgan fingerprint density at radius 3 is 0.800 bits per heavy atom. The third-order valence-electron chi connectivity index (χ3n) is 0. The zero-order chi connectivity index (χ0) is 7.15. The molecule has 0 aliphatic heterocycles. The molecule has 0 aliphatic carbocycles. The minimum absolute atomic E-state index is 0. The molecule has 10 heavy (non-hydrogen) atoms. The summed E-state index contributed by atoms with van der Waals surface area (Å²) in [7, 11) is 0. The third-order valence-corrected chi connectivity index (χ3v) is 0. The molecule has 0 unspecified atom stereocenters. The topological polar surface area (TPSA) is 31.5 Å². The molecule has 0 radical (unpaired) electrons. The van der Waals surface area contributed by atoms with Crippen LogP contribution in [-0.2, 0) is 25.8 Å². The molecule has 0 saturated carbocycles. The van der Waals surface area contributed by atoms with Crippen molar-refractivity contribution in [3.63, 3.8) is 0 Å². The van der Waals surface area contributed by atoms with Crippen LogP contribution in [0.3, 0.4) is 0 Å². The summed E-state index contributed by atoms with van der Waals surface area (Å²) in [5, 5.41) is 0. The van der Waals surface area contributed by atoms with E-state index in [9.17, 15) is 0 Å². The van der Waals surface area contributed by atoms with Crippen LogP contribution in [0.1, 0.15) is 27.7 Å². The van der Waals surface area contributed by atoms with Gasteiger partial charge >= 0.3 is 0 Å². The first-order valence-corrected chi connectivity index (χ1v) is 3.13. The van der Waals surface area contributed by atoms with Crippen molar-refractivity contribution in [2.24, 2.45) is 11.8 Å². The van der Waals surface area contributed by atoms with E-state index in [1.807, 2.05) is 0 Å². The summed E-state index contributed by atoms with van der Waals surface area (Å²) in [6, 6.07) is 0. The molecule has 0 aromatic rings. The smallest absolute Gasteiger partial charge is 0 e. The van der Waals surface area contributed by atoms with Crippen LogP contribution in [0.2, 0.25) is 0 Å². The van der Waals surface area contributed by atoms with Crippen LogP contribution in [0.4, 0.5) is 0 Å².